The van der Waals surface area contributed by atoms with Crippen LogP contribution in [0.15, 0.2) is 12.1 Å². The number of halogens is 3. The van der Waals surface area contributed by atoms with Gasteiger partial charge in [-0.05, 0) is 46.3 Å². The van der Waals surface area contributed by atoms with Crippen LogP contribution >= 0.6 is 34.2 Å². The number of ether oxygens (including phenoxy) is 1. The molecule has 2 nitrogen and oxygen atoms in total. The van der Waals surface area contributed by atoms with Gasteiger partial charge in [0.2, 0.25) is 0 Å². The number of benzene rings is 1. The van der Waals surface area contributed by atoms with Crippen LogP contribution in [0.5, 0.6) is 5.75 Å². The Morgan fingerprint density at radius 2 is 2.23 bits per heavy atom. The van der Waals surface area contributed by atoms with E-state index >= 15 is 0 Å². The van der Waals surface area contributed by atoms with E-state index in [-0.39, 0.29) is 11.3 Å². The summed E-state index contributed by atoms with van der Waals surface area (Å²) < 4.78 is 18.5. The zero-order valence-electron chi connectivity index (χ0n) is 6.61. The van der Waals surface area contributed by atoms with Crippen LogP contribution in [0.3, 0.4) is 0 Å². The number of carbonyl (C=O) groups is 1. The molecule has 1 rings (SSSR count). The molecular formula is C8H5ClFIO2. The summed E-state index contributed by atoms with van der Waals surface area (Å²) in [4.78, 5) is 10.8. The third-order valence-electron chi connectivity index (χ3n) is 1.47. The maximum atomic E-state index is 13.3. The average molecular weight is 314 g/mol. The topological polar surface area (TPSA) is 26.3 Å². The number of hydrogen-bond acceptors (Lipinski definition) is 2. The number of carbonyl (C=O) groups excluding carboxylic acids is 1. The lowest BCUT2D eigenvalue weighted by atomic mass is 10.2. The summed E-state index contributed by atoms with van der Waals surface area (Å²) >= 11 is 7.04. The number of methoxy groups -OCH3 is 1. The van der Waals surface area contributed by atoms with Crippen molar-refractivity contribution in [3.05, 3.63) is 27.1 Å². The molecule has 0 saturated heterocycles. The van der Waals surface area contributed by atoms with E-state index in [1.807, 2.05) is 22.6 Å². The normalized spacial score (nSPS) is 9.85. The van der Waals surface area contributed by atoms with Gasteiger partial charge in [-0.2, -0.15) is 0 Å². The SMILES string of the molecule is COc1ccc(I)c(C(=O)Cl)c1F. The van der Waals surface area contributed by atoms with Crippen molar-refractivity contribution >= 4 is 39.4 Å². The predicted octanol–water partition coefficient (Wildman–Crippen LogP) is 2.82. The highest BCUT2D eigenvalue weighted by Crippen LogP contribution is 2.25. The first-order chi connectivity index (χ1) is 6.07. The summed E-state index contributed by atoms with van der Waals surface area (Å²) in [5.74, 6) is -0.696. The molecule has 1 aromatic rings. The molecule has 0 atom stereocenters. The average Bonchev–Trinajstić information content (AvgIpc) is 2.04. The van der Waals surface area contributed by atoms with Crippen LogP contribution in [-0.2, 0) is 0 Å². The van der Waals surface area contributed by atoms with Crippen molar-refractivity contribution in [3.63, 3.8) is 0 Å². The van der Waals surface area contributed by atoms with Gasteiger partial charge < -0.3 is 4.74 Å². The summed E-state index contributed by atoms with van der Waals surface area (Å²) in [6.45, 7) is 0. The van der Waals surface area contributed by atoms with Gasteiger partial charge in [-0.1, -0.05) is 0 Å². The first-order valence-electron chi connectivity index (χ1n) is 3.29. The molecule has 0 amide bonds. The van der Waals surface area contributed by atoms with Gasteiger partial charge in [-0.25, -0.2) is 4.39 Å². The second kappa shape index (κ2) is 4.23. The van der Waals surface area contributed by atoms with Gasteiger partial charge in [0.15, 0.2) is 11.6 Å². The minimum atomic E-state index is -0.819. The van der Waals surface area contributed by atoms with Crippen molar-refractivity contribution in [2.24, 2.45) is 0 Å². The first kappa shape index (κ1) is 10.7. The molecule has 0 aliphatic heterocycles. The third-order valence-corrected chi connectivity index (χ3v) is 2.56. The summed E-state index contributed by atoms with van der Waals surface area (Å²) in [7, 11) is 1.33. The van der Waals surface area contributed by atoms with Gasteiger partial charge in [0.05, 0.1) is 12.7 Å². The highest BCUT2D eigenvalue weighted by atomic mass is 127. The molecule has 0 spiro atoms. The lowest BCUT2D eigenvalue weighted by Crippen LogP contribution is -2.01. The molecular weight excluding hydrogens is 309 g/mol. The quantitative estimate of drug-likeness (QED) is 0.620. The molecule has 0 unspecified atom stereocenters. The highest BCUT2D eigenvalue weighted by molar-refractivity contribution is 14.1. The fourth-order valence-corrected chi connectivity index (χ4v) is 1.88. The molecule has 1 aromatic carbocycles. The van der Waals surface area contributed by atoms with Gasteiger partial charge in [0.25, 0.3) is 5.24 Å². The van der Waals surface area contributed by atoms with E-state index in [1.54, 1.807) is 6.07 Å². The highest BCUT2D eigenvalue weighted by Gasteiger charge is 2.17. The zero-order chi connectivity index (χ0) is 10.0. The van der Waals surface area contributed by atoms with Crippen LogP contribution in [0.25, 0.3) is 0 Å². The zero-order valence-corrected chi connectivity index (χ0v) is 9.52. The Kier molecular flexibility index (Phi) is 3.49. The molecule has 70 valence electrons. The Balaban J connectivity index is 3.38. The van der Waals surface area contributed by atoms with E-state index in [9.17, 15) is 9.18 Å². The maximum Gasteiger partial charge on any atom is 0.256 e. The van der Waals surface area contributed by atoms with Gasteiger partial charge in [-0.15, -0.1) is 0 Å². The fourth-order valence-electron chi connectivity index (χ4n) is 0.871. The van der Waals surface area contributed by atoms with E-state index < -0.39 is 11.1 Å². The Morgan fingerprint density at radius 1 is 1.62 bits per heavy atom. The van der Waals surface area contributed by atoms with E-state index in [0.29, 0.717) is 3.57 Å². The summed E-state index contributed by atoms with van der Waals surface area (Å²) in [6.07, 6.45) is 0. The molecule has 0 saturated carbocycles. The molecule has 13 heavy (non-hydrogen) atoms. The van der Waals surface area contributed by atoms with Gasteiger partial charge in [0, 0.05) is 3.57 Å². The molecule has 0 heterocycles. The van der Waals surface area contributed by atoms with Crippen LogP contribution in [-0.4, -0.2) is 12.4 Å². The summed E-state index contributed by atoms with van der Waals surface area (Å²) in [5.41, 5.74) is -0.137. The standard InChI is InChI=1S/C8H5ClFIO2/c1-13-5-3-2-4(11)6(7(5)10)8(9)12/h2-3H,1H3. The summed E-state index contributed by atoms with van der Waals surface area (Å²) in [6, 6.07) is 3.01. The van der Waals surface area contributed by atoms with Gasteiger partial charge in [-0.3, -0.25) is 4.79 Å². The lowest BCUT2D eigenvalue weighted by Gasteiger charge is -2.05. The number of rotatable bonds is 2. The second-order valence-electron chi connectivity index (χ2n) is 2.21. The smallest absolute Gasteiger partial charge is 0.256 e. The van der Waals surface area contributed by atoms with Crippen LogP contribution < -0.4 is 4.74 Å². The minimum Gasteiger partial charge on any atom is -0.494 e. The Bertz CT molecular complexity index is 354. The van der Waals surface area contributed by atoms with E-state index in [0.717, 1.165) is 0 Å². The Morgan fingerprint density at radius 3 is 2.69 bits per heavy atom. The Hall–Kier alpha value is -0.360. The lowest BCUT2D eigenvalue weighted by molar-refractivity contribution is 0.107. The largest absolute Gasteiger partial charge is 0.494 e. The van der Waals surface area contributed by atoms with Crippen molar-refractivity contribution in [1.82, 2.24) is 0 Å². The molecule has 0 N–H and O–H groups in total. The molecule has 0 aromatic heterocycles. The molecule has 0 aliphatic carbocycles. The predicted molar refractivity (Wildman–Crippen MR) is 55.9 cm³/mol. The molecule has 0 radical (unpaired) electrons. The minimum absolute atomic E-state index is 0.0180. The van der Waals surface area contributed by atoms with Crippen molar-refractivity contribution in [2.75, 3.05) is 7.11 Å². The molecule has 0 bridgehead atoms. The second-order valence-corrected chi connectivity index (χ2v) is 3.72. The van der Waals surface area contributed by atoms with E-state index in [2.05, 4.69) is 0 Å². The fraction of sp³-hybridized carbons (Fsp3) is 0.125. The number of hydrogen-bond donors (Lipinski definition) is 0. The monoisotopic (exact) mass is 314 g/mol. The van der Waals surface area contributed by atoms with Crippen molar-refractivity contribution in [1.29, 1.82) is 0 Å². The maximum absolute atomic E-state index is 13.3. The third kappa shape index (κ3) is 2.11. The molecule has 0 aliphatic rings. The van der Waals surface area contributed by atoms with Gasteiger partial charge >= 0.3 is 0 Å². The van der Waals surface area contributed by atoms with Crippen LogP contribution in [0.2, 0.25) is 0 Å². The summed E-state index contributed by atoms with van der Waals surface area (Å²) in [5, 5.41) is -0.819. The van der Waals surface area contributed by atoms with Crippen molar-refractivity contribution in [3.8, 4) is 5.75 Å². The van der Waals surface area contributed by atoms with Crippen LogP contribution in [0, 0.1) is 9.39 Å². The van der Waals surface area contributed by atoms with Crippen molar-refractivity contribution < 1.29 is 13.9 Å². The molecule has 0 fully saturated rings. The Labute approximate surface area is 93.2 Å². The van der Waals surface area contributed by atoms with E-state index in [1.165, 1.54) is 13.2 Å². The van der Waals surface area contributed by atoms with Gasteiger partial charge in [0.1, 0.15) is 0 Å². The molecule has 5 heteroatoms. The van der Waals surface area contributed by atoms with E-state index in [4.69, 9.17) is 16.3 Å². The first-order valence-corrected chi connectivity index (χ1v) is 4.75. The van der Waals surface area contributed by atoms with Crippen LogP contribution in [0.1, 0.15) is 10.4 Å². The van der Waals surface area contributed by atoms with Crippen molar-refractivity contribution in [2.45, 2.75) is 0 Å². The van der Waals surface area contributed by atoms with Crippen LogP contribution in [0.4, 0.5) is 4.39 Å².